The number of nitrogens with zero attached hydrogens (tertiary/aromatic N) is 2. The molecule has 0 aliphatic carbocycles. The highest BCUT2D eigenvalue weighted by molar-refractivity contribution is 5.95. The Morgan fingerprint density at radius 1 is 1.64 bits per heavy atom. The van der Waals surface area contributed by atoms with Crippen molar-refractivity contribution in [2.75, 3.05) is 13.6 Å². The molecule has 2 N–H and O–H groups in total. The highest BCUT2D eigenvalue weighted by atomic mass is 16.2. The molecule has 0 bridgehead atoms. The Morgan fingerprint density at radius 3 is 2.55 bits per heavy atom. The number of carbonyl (C=O) groups is 2. The quantitative estimate of drug-likeness (QED) is 0.412. The van der Waals surface area contributed by atoms with Crippen LogP contribution in [0.5, 0.6) is 0 Å². The Morgan fingerprint density at radius 2 is 2.18 bits per heavy atom. The summed E-state index contributed by atoms with van der Waals surface area (Å²) in [6, 6.07) is 1.77. The number of rotatable bonds is 3. The minimum atomic E-state index is -0.681. The van der Waals surface area contributed by atoms with E-state index in [1.54, 1.807) is 6.07 Å². The maximum atomic E-state index is 10.8. The lowest BCUT2D eigenvalue weighted by Gasteiger charge is -2.10. The molecule has 0 heterocycles. The van der Waals surface area contributed by atoms with Gasteiger partial charge in [-0.05, 0) is 0 Å². The van der Waals surface area contributed by atoms with Crippen LogP contribution in [-0.4, -0.2) is 30.3 Å². The van der Waals surface area contributed by atoms with E-state index in [-0.39, 0.29) is 13.0 Å². The topological polar surface area (TPSA) is 87.2 Å². The van der Waals surface area contributed by atoms with E-state index in [0.717, 1.165) is 4.90 Å². The lowest BCUT2D eigenvalue weighted by molar-refractivity contribution is -0.133. The van der Waals surface area contributed by atoms with Gasteiger partial charge in [-0.3, -0.25) is 9.59 Å². The number of amides is 2. The minimum Gasteiger partial charge on any atom is -0.369 e. The van der Waals surface area contributed by atoms with Crippen LogP contribution in [0.15, 0.2) is 0 Å². The van der Waals surface area contributed by atoms with Crippen molar-refractivity contribution >= 4 is 11.8 Å². The van der Waals surface area contributed by atoms with E-state index in [1.807, 2.05) is 0 Å². The molecule has 0 saturated heterocycles. The van der Waals surface area contributed by atoms with Crippen molar-refractivity contribution < 1.29 is 9.59 Å². The monoisotopic (exact) mass is 155 g/mol. The van der Waals surface area contributed by atoms with Crippen LogP contribution < -0.4 is 5.73 Å². The molecule has 0 rings (SSSR count). The molecule has 0 saturated carbocycles. The zero-order chi connectivity index (χ0) is 8.85. The van der Waals surface area contributed by atoms with E-state index in [2.05, 4.69) is 0 Å². The largest absolute Gasteiger partial charge is 0.369 e. The fraction of sp³-hybridized carbons (Fsp3) is 0.500. The van der Waals surface area contributed by atoms with Gasteiger partial charge in [0.25, 0.3) is 0 Å². The SMILES string of the molecule is CN(CC#N)C(=O)CC(N)=O. The first kappa shape index (κ1) is 9.43. The molecule has 5 nitrogen and oxygen atoms in total. The molecule has 0 atom stereocenters. The third kappa shape index (κ3) is 3.92. The zero-order valence-electron chi connectivity index (χ0n) is 6.20. The Bertz CT molecular complexity index is 206. The summed E-state index contributed by atoms with van der Waals surface area (Å²) in [6.07, 6.45) is -0.335. The number of hydrogen-bond acceptors (Lipinski definition) is 3. The van der Waals surface area contributed by atoms with E-state index in [9.17, 15) is 9.59 Å². The number of primary amides is 1. The Hall–Kier alpha value is -1.57. The summed E-state index contributed by atoms with van der Waals surface area (Å²) in [5, 5.41) is 8.16. The molecule has 0 spiro atoms. The fourth-order valence-corrected chi connectivity index (χ4v) is 0.478. The van der Waals surface area contributed by atoms with Crippen LogP contribution >= 0.6 is 0 Å². The maximum absolute atomic E-state index is 10.8. The van der Waals surface area contributed by atoms with E-state index in [0.29, 0.717) is 0 Å². The predicted octanol–water partition coefficient (Wildman–Crippen LogP) is -1.16. The summed E-state index contributed by atoms with van der Waals surface area (Å²) < 4.78 is 0. The highest BCUT2D eigenvalue weighted by Gasteiger charge is 2.10. The van der Waals surface area contributed by atoms with Crippen LogP contribution in [0.1, 0.15) is 6.42 Å². The fourth-order valence-electron chi connectivity index (χ4n) is 0.478. The molecule has 0 aliphatic heterocycles. The van der Waals surface area contributed by atoms with Gasteiger partial charge in [0.2, 0.25) is 11.8 Å². The molecule has 60 valence electrons. The van der Waals surface area contributed by atoms with Gasteiger partial charge in [-0.2, -0.15) is 5.26 Å². The number of hydrogen-bond donors (Lipinski definition) is 1. The molecule has 0 fully saturated rings. The van der Waals surface area contributed by atoms with Crippen molar-refractivity contribution in [3.8, 4) is 6.07 Å². The first-order chi connectivity index (χ1) is 5.07. The molecule has 0 radical (unpaired) electrons. The molecule has 5 heteroatoms. The van der Waals surface area contributed by atoms with Crippen molar-refractivity contribution in [3.05, 3.63) is 0 Å². The van der Waals surface area contributed by atoms with Gasteiger partial charge >= 0.3 is 0 Å². The molecular weight excluding hydrogens is 146 g/mol. The van der Waals surface area contributed by atoms with Crippen LogP contribution in [0.3, 0.4) is 0 Å². The van der Waals surface area contributed by atoms with Gasteiger partial charge in [0, 0.05) is 7.05 Å². The van der Waals surface area contributed by atoms with Gasteiger partial charge in [0.15, 0.2) is 0 Å². The molecule has 2 amide bonds. The Kier molecular flexibility index (Phi) is 3.67. The molecule has 0 aliphatic rings. The van der Waals surface area contributed by atoms with Gasteiger partial charge in [-0.25, -0.2) is 0 Å². The zero-order valence-corrected chi connectivity index (χ0v) is 6.20. The summed E-state index contributed by atoms with van der Waals surface area (Å²) in [7, 11) is 1.44. The molecular formula is C6H9N3O2. The van der Waals surface area contributed by atoms with Crippen molar-refractivity contribution in [2.24, 2.45) is 5.73 Å². The highest BCUT2D eigenvalue weighted by Crippen LogP contribution is 1.87. The van der Waals surface area contributed by atoms with Gasteiger partial charge in [-0.15, -0.1) is 0 Å². The van der Waals surface area contributed by atoms with Crippen molar-refractivity contribution in [1.82, 2.24) is 4.90 Å². The molecule has 0 aromatic rings. The average molecular weight is 155 g/mol. The van der Waals surface area contributed by atoms with Crippen LogP contribution in [0.2, 0.25) is 0 Å². The summed E-state index contributed by atoms with van der Waals surface area (Å²) in [5.74, 6) is -1.11. The second kappa shape index (κ2) is 4.28. The van der Waals surface area contributed by atoms with Gasteiger partial charge in [0.1, 0.15) is 13.0 Å². The van der Waals surface area contributed by atoms with Gasteiger partial charge in [-0.1, -0.05) is 0 Å². The van der Waals surface area contributed by atoms with Crippen LogP contribution in [-0.2, 0) is 9.59 Å². The molecule has 0 unspecified atom stereocenters. The third-order valence-electron chi connectivity index (χ3n) is 1.06. The Labute approximate surface area is 64.4 Å². The summed E-state index contributed by atoms with van der Waals surface area (Å²) in [5.41, 5.74) is 4.76. The van der Waals surface area contributed by atoms with Crippen molar-refractivity contribution in [1.29, 1.82) is 5.26 Å². The predicted molar refractivity (Wildman–Crippen MR) is 37.1 cm³/mol. The first-order valence-electron chi connectivity index (χ1n) is 2.97. The molecule has 11 heavy (non-hydrogen) atoms. The maximum Gasteiger partial charge on any atom is 0.232 e. The van der Waals surface area contributed by atoms with Crippen molar-refractivity contribution in [3.63, 3.8) is 0 Å². The second-order valence-electron chi connectivity index (χ2n) is 2.05. The van der Waals surface area contributed by atoms with E-state index >= 15 is 0 Å². The summed E-state index contributed by atoms with van der Waals surface area (Å²) in [4.78, 5) is 22.2. The van der Waals surface area contributed by atoms with Crippen LogP contribution in [0.25, 0.3) is 0 Å². The van der Waals surface area contributed by atoms with Gasteiger partial charge in [0.05, 0.1) is 6.07 Å². The standard InChI is InChI=1S/C6H9N3O2/c1-9(3-2-7)6(11)4-5(8)10/h3-4H2,1H3,(H2,8,10). The lowest BCUT2D eigenvalue weighted by Crippen LogP contribution is -2.30. The minimum absolute atomic E-state index is 0.0217. The van der Waals surface area contributed by atoms with Crippen molar-refractivity contribution in [2.45, 2.75) is 6.42 Å². The third-order valence-corrected chi connectivity index (χ3v) is 1.06. The molecule has 0 aromatic heterocycles. The normalized spacial score (nSPS) is 8.36. The number of carbonyl (C=O) groups excluding carboxylic acids is 2. The lowest BCUT2D eigenvalue weighted by atomic mass is 10.3. The summed E-state index contributed by atoms with van der Waals surface area (Å²) in [6.45, 7) is -0.0217. The molecule has 0 aromatic carbocycles. The van der Waals surface area contributed by atoms with E-state index in [1.165, 1.54) is 7.05 Å². The first-order valence-corrected chi connectivity index (χ1v) is 2.97. The van der Waals surface area contributed by atoms with E-state index < -0.39 is 11.8 Å². The number of nitrogens with two attached hydrogens (primary N) is 1. The smallest absolute Gasteiger partial charge is 0.232 e. The average Bonchev–Trinajstić information content (AvgIpc) is 1.86. The summed E-state index contributed by atoms with van der Waals surface area (Å²) >= 11 is 0. The van der Waals surface area contributed by atoms with Crippen LogP contribution in [0, 0.1) is 11.3 Å². The Balaban J connectivity index is 3.85. The van der Waals surface area contributed by atoms with E-state index in [4.69, 9.17) is 11.0 Å². The van der Waals surface area contributed by atoms with Gasteiger partial charge < -0.3 is 10.6 Å². The number of nitriles is 1. The van der Waals surface area contributed by atoms with Crippen LogP contribution in [0.4, 0.5) is 0 Å². The second-order valence-corrected chi connectivity index (χ2v) is 2.05.